The van der Waals surface area contributed by atoms with Gasteiger partial charge in [-0.1, -0.05) is 0 Å². The summed E-state index contributed by atoms with van der Waals surface area (Å²) in [7, 11) is -11.3. The van der Waals surface area contributed by atoms with Crippen molar-refractivity contribution in [1.29, 1.82) is 0 Å². The molecule has 2 fully saturated rings. The van der Waals surface area contributed by atoms with Gasteiger partial charge in [-0.2, -0.15) is 0 Å². The summed E-state index contributed by atoms with van der Waals surface area (Å²) in [5, 5.41) is 0.394. The van der Waals surface area contributed by atoms with Gasteiger partial charge in [0.1, 0.15) is 0 Å². The van der Waals surface area contributed by atoms with Crippen LogP contribution in [0, 0.1) is 11.8 Å². The van der Waals surface area contributed by atoms with Gasteiger partial charge in [0.15, 0.2) is 0 Å². The fraction of sp³-hybridized carbons (Fsp3) is 0.515. The fourth-order valence-electron chi connectivity index (χ4n) is 6.03. The molecule has 0 aliphatic carbocycles. The molecule has 4 heterocycles. The van der Waals surface area contributed by atoms with Gasteiger partial charge in [0.2, 0.25) is 0 Å². The fourth-order valence-corrected chi connectivity index (χ4v) is 14.1. The SMILES string of the molecule is CCO[PH]1(Cc2cc(-c3ccc(-c4ccc(O[PH](=O)O)s4)s3)c(C[PH]3(OCC)OC(C)O3)cc2C#CCCCCCCCOP(O)O)OC(C)O1. The van der Waals surface area contributed by atoms with Gasteiger partial charge in [-0.3, -0.25) is 0 Å². The van der Waals surface area contributed by atoms with Crippen LogP contribution in [0.3, 0.4) is 0 Å². The third kappa shape index (κ3) is 11.8. The molecular weight excluding hydrogens is 776 g/mol. The Labute approximate surface area is 310 Å². The minimum absolute atomic E-state index is 0.325. The van der Waals surface area contributed by atoms with E-state index < -0.39 is 32.7 Å². The van der Waals surface area contributed by atoms with E-state index in [0.717, 1.165) is 75.4 Å². The molecule has 0 bridgehead atoms. The predicted octanol–water partition coefficient (Wildman–Crippen LogP) is 9.67. The van der Waals surface area contributed by atoms with Gasteiger partial charge in [0.05, 0.1) is 0 Å². The van der Waals surface area contributed by atoms with Crippen LogP contribution in [0.4, 0.5) is 0 Å². The molecule has 2 aromatic heterocycles. The Hall–Kier alpha value is -0.900. The Morgan fingerprint density at radius 1 is 0.824 bits per heavy atom. The van der Waals surface area contributed by atoms with Gasteiger partial charge in [0, 0.05) is 0 Å². The van der Waals surface area contributed by atoms with E-state index in [1.807, 2.05) is 39.8 Å². The molecule has 1 unspecified atom stereocenters. The van der Waals surface area contributed by atoms with E-state index in [-0.39, 0.29) is 12.6 Å². The Morgan fingerprint density at radius 3 is 2.04 bits per heavy atom. The summed E-state index contributed by atoms with van der Waals surface area (Å²) in [5.41, 5.74) is 3.86. The molecule has 2 saturated heterocycles. The van der Waals surface area contributed by atoms with Crippen LogP contribution in [0.2, 0.25) is 0 Å². The Morgan fingerprint density at radius 2 is 1.41 bits per heavy atom. The van der Waals surface area contributed by atoms with E-state index in [0.29, 0.717) is 37.2 Å². The van der Waals surface area contributed by atoms with Gasteiger partial charge >= 0.3 is 298 Å². The van der Waals surface area contributed by atoms with E-state index in [1.165, 1.54) is 11.3 Å². The first-order valence-electron chi connectivity index (χ1n) is 17.1. The van der Waals surface area contributed by atoms with Crippen LogP contribution >= 0.6 is 55.4 Å². The molecule has 1 atom stereocenters. The normalized spacial score (nSPS) is 20.9. The molecule has 51 heavy (non-hydrogen) atoms. The standard InChI is InChI=1S/C33H48O12P4S2/c1-5-39-48(42-24(3)43-48)22-27-21-29(30-15-16-31(50-30)32-17-18-33(51-32)41-47(36)37)28(23-49(40-6-2)44-25(4)45-49)20-26(27)14-12-10-8-7-9-11-13-19-38-46(34)35/h15-18,20-21,24-25,34-35,47-49H,5-11,13,19,22-23H2,1-4H3,(H,36,37). The molecule has 0 saturated carbocycles. The number of rotatable bonds is 20. The molecule has 3 aromatic rings. The molecule has 2 aliphatic rings. The third-order valence-electron chi connectivity index (χ3n) is 8.01. The van der Waals surface area contributed by atoms with Crippen LogP contribution in [0.15, 0.2) is 36.4 Å². The number of thiophene rings is 2. The molecule has 0 radical (unpaired) electrons. The third-order valence-corrected chi connectivity index (χ3v) is 17.1. The second kappa shape index (κ2) is 19.6. The Balaban J connectivity index is 1.45. The number of unbranched alkanes of at least 4 members (excludes halogenated alkanes) is 5. The van der Waals surface area contributed by atoms with Crippen LogP contribution in [0.25, 0.3) is 20.2 Å². The van der Waals surface area contributed by atoms with Gasteiger partial charge in [-0.05, 0) is 0 Å². The second-order valence-corrected chi connectivity index (χ2v) is 20.5. The predicted molar refractivity (Wildman–Crippen MR) is 207 cm³/mol. The van der Waals surface area contributed by atoms with E-state index in [1.54, 1.807) is 17.4 Å². The zero-order valence-electron chi connectivity index (χ0n) is 29.2. The average molecular weight is 825 g/mol. The van der Waals surface area contributed by atoms with Crippen LogP contribution in [-0.4, -0.2) is 47.1 Å². The summed E-state index contributed by atoms with van der Waals surface area (Å²) < 4.78 is 58.2. The topological polar surface area (TPSA) is 152 Å². The second-order valence-electron chi connectivity index (χ2n) is 11.9. The molecule has 5 rings (SSSR count). The minimum atomic E-state index is -3.09. The van der Waals surface area contributed by atoms with Crippen molar-refractivity contribution in [2.24, 2.45) is 0 Å². The monoisotopic (exact) mass is 824 g/mol. The molecular formula is C33H48O12P4S2. The Bertz CT molecular complexity index is 1650. The van der Waals surface area contributed by atoms with Crippen molar-refractivity contribution >= 4 is 55.4 Å². The summed E-state index contributed by atoms with van der Waals surface area (Å²) in [6, 6.07) is 12.0. The summed E-state index contributed by atoms with van der Waals surface area (Å²) in [5.74, 6) is 6.86. The maximum absolute atomic E-state index is 11.3. The maximum atomic E-state index is 11.3. The van der Waals surface area contributed by atoms with Crippen molar-refractivity contribution < 1.29 is 55.4 Å². The van der Waals surface area contributed by atoms with E-state index >= 15 is 0 Å². The van der Waals surface area contributed by atoms with Gasteiger partial charge in [-0.15, -0.1) is 0 Å². The molecule has 284 valence electrons. The van der Waals surface area contributed by atoms with Crippen LogP contribution in [0.5, 0.6) is 5.06 Å². The molecule has 1 aromatic carbocycles. The van der Waals surface area contributed by atoms with Crippen LogP contribution < -0.4 is 4.52 Å². The molecule has 2 aliphatic heterocycles. The van der Waals surface area contributed by atoms with Gasteiger partial charge in [-0.25, -0.2) is 0 Å². The molecule has 3 N–H and O–H groups in total. The summed E-state index contributed by atoms with van der Waals surface area (Å²) >= 11 is 2.94. The van der Waals surface area contributed by atoms with E-state index in [4.69, 9.17) is 46.0 Å². The van der Waals surface area contributed by atoms with E-state index in [2.05, 4.69) is 30.0 Å². The van der Waals surface area contributed by atoms with Crippen molar-refractivity contribution in [2.45, 2.75) is 91.1 Å². The first kappa shape index (κ1) is 41.3. The zero-order chi connectivity index (χ0) is 36.4. The average Bonchev–Trinajstić information content (AvgIpc) is 3.71. The van der Waals surface area contributed by atoms with Crippen molar-refractivity contribution in [2.75, 3.05) is 19.8 Å². The number of benzene rings is 1. The summed E-state index contributed by atoms with van der Waals surface area (Å²) in [6.07, 6.45) is 5.76. The number of hydrogen-bond acceptors (Lipinski definition) is 13. The Kier molecular flexibility index (Phi) is 15.9. The first-order chi connectivity index (χ1) is 24.5. The van der Waals surface area contributed by atoms with E-state index in [9.17, 15) is 9.46 Å². The molecule has 18 heteroatoms. The molecule has 12 nitrogen and oxygen atoms in total. The van der Waals surface area contributed by atoms with Gasteiger partial charge < -0.3 is 14.3 Å². The quantitative estimate of drug-likeness (QED) is 0.0565. The van der Waals surface area contributed by atoms with Crippen molar-refractivity contribution in [3.63, 3.8) is 0 Å². The summed E-state index contributed by atoms with van der Waals surface area (Å²) in [4.78, 5) is 29.9. The summed E-state index contributed by atoms with van der Waals surface area (Å²) in [6.45, 7) is 8.91. The molecule has 0 spiro atoms. The van der Waals surface area contributed by atoms with Crippen molar-refractivity contribution in [1.82, 2.24) is 0 Å². The molecule has 0 amide bonds. The number of hydrogen-bond donors (Lipinski definition) is 3. The zero-order valence-corrected chi connectivity index (χ0v) is 34.7. The van der Waals surface area contributed by atoms with Gasteiger partial charge in [0.25, 0.3) is 0 Å². The first-order valence-corrected chi connectivity index (χ1v) is 25.0. The van der Waals surface area contributed by atoms with Crippen molar-refractivity contribution in [3.05, 3.63) is 53.1 Å². The van der Waals surface area contributed by atoms with Crippen molar-refractivity contribution in [3.8, 4) is 37.1 Å². The van der Waals surface area contributed by atoms with Crippen LogP contribution in [0.1, 0.15) is 82.9 Å². The van der Waals surface area contributed by atoms with Crippen LogP contribution in [-0.2, 0) is 48.6 Å².